The lowest BCUT2D eigenvalue weighted by Gasteiger charge is -2.57. The number of fused-ring (bicyclic) bond motifs is 6. The lowest BCUT2D eigenvalue weighted by Crippen LogP contribution is -2.66. The molecule has 4 heterocycles. The Balaban J connectivity index is 1.21. The Morgan fingerprint density at radius 1 is 0.964 bits per heavy atom. The zero-order chi connectivity index (χ0) is 19.1. The summed E-state index contributed by atoms with van der Waals surface area (Å²) in [5.74, 6) is 0.353. The number of esters is 1. The lowest BCUT2D eigenvalue weighted by atomic mass is 9.76. The van der Waals surface area contributed by atoms with Crippen molar-refractivity contribution >= 4 is 11.8 Å². The van der Waals surface area contributed by atoms with Crippen LogP contribution in [-0.2, 0) is 20.7 Å². The van der Waals surface area contributed by atoms with Crippen LogP contribution in [0, 0.1) is 0 Å². The predicted molar refractivity (Wildman–Crippen MR) is 106 cm³/mol. The first-order valence-corrected chi connectivity index (χ1v) is 10.9. The molecular weight excluding hydrogens is 352 g/mol. The highest BCUT2D eigenvalue weighted by atomic mass is 16.5. The fourth-order valence-corrected chi connectivity index (χ4v) is 6.11. The molecule has 4 fully saturated rings. The van der Waals surface area contributed by atoms with Crippen LogP contribution in [0.25, 0.3) is 0 Å². The van der Waals surface area contributed by atoms with Crippen molar-refractivity contribution in [2.24, 2.45) is 0 Å². The van der Waals surface area contributed by atoms with E-state index in [-0.39, 0.29) is 18.1 Å². The van der Waals surface area contributed by atoms with E-state index in [0.717, 1.165) is 57.2 Å². The van der Waals surface area contributed by atoms with Gasteiger partial charge in [-0.25, -0.2) is 0 Å². The van der Waals surface area contributed by atoms with Gasteiger partial charge < -0.3 is 4.74 Å². The van der Waals surface area contributed by atoms with Crippen molar-refractivity contribution in [1.82, 2.24) is 9.80 Å². The molecular formula is C23H30N2O3. The number of ether oxygens (including phenoxy) is 1. The van der Waals surface area contributed by atoms with E-state index in [1.807, 2.05) is 30.3 Å². The second-order valence-electron chi connectivity index (χ2n) is 9.03. The maximum absolute atomic E-state index is 12.4. The molecule has 5 rings (SSSR count). The Morgan fingerprint density at radius 3 is 2.54 bits per heavy atom. The van der Waals surface area contributed by atoms with Crippen LogP contribution >= 0.6 is 0 Å². The van der Waals surface area contributed by atoms with Gasteiger partial charge in [0.1, 0.15) is 11.9 Å². The SMILES string of the molecule is O=C(Cc1ccccc1)OC1CCN2C(C1)CC1CC2CC2C(=O)CCCN12. The summed E-state index contributed by atoms with van der Waals surface area (Å²) in [7, 11) is 0. The van der Waals surface area contributed by atoms with Crippen molar-refractivity contribution in [1.29, 1.82) is 0 Å². The fourth-order valence-electron chi connectivity index (χ4n) is 6.11. The number of nitrogens with zero attached hydrogens (tertiary/aromatic N) is 2. The average Bonchev–Trinajstić information content (AvgIpc) is 2.69. The Bertz CT molecular complexity index is 737. The Kier molecular flexibility index (Phi) is 4.97. The van der Waals surface area contributed by atoms with E-state index in [9.17, 15) is 9.59 Å². The topological polar surface area (TPSA) is 49.9 Å². The van der Waals surface area contributed by atoms with Crippen molar-refractivity contribution in [3.63, 3.8) is 0 Å². The number of carbonyl (C=O) groups excluding carboxylic acids is 2. The van der Waals surface area contributed by atoms with E-state index in [0.29, 0.717) is 30.3 Å². The molecule has 5 nitrogen and oxygen atoms in total. The van der Waals surface area contributed by atoms with Gasteiger partial charge in [0.2, 0.25) is 0 Å². The van der Waals surface area contributed by atoms with Crippen molar-refractivity contribution in [3.05, 3.63) is 35.9 Å². The molecule has 150 valence electrons. The smallest absolute Gasteiger partial charge is 0.310 e. The molecule has 0 aliphatic carbocycles. The summed E-state index contributed by atoms with van der Waals surface area (Å²) in [4.78, 5) is 29.9. The molecule has 1 aromatic rings. The van der Waals surface area contributed by atoms with Gasteiger partial charge in [0, 0.05) is 37.5 Å². The molecule has 0 saturated carbocycles. The zero-order valence-corrected chi connectivity index (χ0v) is 16.5. The van der Waals surface area contributed by atoms with E-state index < -0.39 is 0 Å². The molecule has 0 aromatic heterocycles. The molecule has 4 aliphatic rings. The van der Waals surface area contributed by atoms with Crippen molar-refractivity contribution < 1.29 is 14.3 Å². The summed E-state index contributed by atoms with van der Waals surface area (Å²) in [6, 6.07) is 11.6. The monoisotopic (exact) mass is 382 g/mol. The van der Waals surface area contributed by atoms with Crippen LogP contribution < -0.4 is 0 Å². The maximum Gasteiger partial charge on any atom is 0.310 e. The summed E-state index contributed by atoms with van der Waals surface area (Å²) in [5.41, 5.74) is 1.01. The molecule has 4 aliphatic heterocycles. The van der Waals surface area contributed by atoms with E-state index in [2.05, 4.69) is 9.80 Å². The number of hydrogen-bond donors (Lipinski definition) is 0. The van der Waals surface area contributed by atoms with Crippen LogP contribution in [0.5, 0.6) is 0 Å². The van der Waals surface area contributed by atoms with Crippen LogP contribution in [0.3, 0.4) is 0 Å². The highest BCUT2D eigenvalue weighted by molar-refractivity contribution is 5.85. The Hall–Kier alpha value is -1.72. The molecule has 4 saturated heterocycles. The summed E-state index contributed by atoms with van der Waals surface area (Å²) < 4.78 is 5.86. The number of carbonyl (C=O) groups is 2. The van der Waals surface area contributed by atoms with Crippen LogP contribution in [-0.4, -0.2) is 64.9 Å². The van der Waals surface area contributed by atoms with Crippen LogP contribution in [0.4, 0.5) is 0 Å². The molecule has 0 amide bonds. The van der Waals surface area contributed by atoms with Gasteiger partial charge in [-0.3, -0.25) is 19.4 Å². The number of Topliss-reactive ketones (excluding diaryl/α,β-unsaturated/α-hetero) is 1. The van der Waals surface area contributed by atoms with Crippen molar-refractivity contribution in [3.8, 4) is 0 Å². The van der Waals surface area contributed by atoms with Gasteiger partial charge in [-0.05, 0) is 44.2 Å². The van der Waals surface area contributed by atoms with Crippen molar-refractivity contribution in [2.75, 3.05) is 13.1 Å². The highest BCUT2D eigenvalue weighted by Crippen LogP contribution is 2.41. The molecule has 0 N–H and O–H groups in total. The van der Waals surface area contributed by atoms with E-state index in [1.54, 1.807) is 0 Å². The molecule has 5 heteroatoms. The minimum Gasteiger partial charge on any atom is -0.462 e. The van der Waals surface area contributed by atoms with Gasteiger partial charge in [-0.2, -0.15) is 0 Å². The average molecular weight is 383 g/mol. The van der Waals surface area contributed by atoms with Crippen LogP contribution in [0.15, 0.2) is 30.3 Å². The van der Waals surface area contributed by atoms with Gasteiger partial charge >= 0.3 is 5.97 Å². The van der Waals surface area contributed by atoms with E-state index >= 15 is 0 Å². The number of hydrogen-bond acceptors (Lipinski definition) is 5. The maximum atomic E-state index is 12.4. The second kappa shape index (κ2) is 7.60. The normalized spacial score (nSPS) is 35.7. The van der Waals surface area contributed by atoms with E-state index in [1.165, 1.54) is 6.42 Å². The second-order valence-corrected chi connectivity index (χ2v) is 9.03. The molecule has 28 heavy (non-hydrogen) atoms. The number of ketones is 1. The summed E-state index contributed by atoms with van der Waals surface area (Å²) in [5, 5.41) is 0. The summed E-state index contributed by atoms with van der Waals surface area (Å²) in [6.07, 6.45) is 7.37. The van der Waals surface area contributed by atoms with Gasteiger partial charge in [0.25, 0.3) is 0 Å². The molecule has 5 atom stereocenters. The third-order valence-corrected chi connectivity index (χ3v) is 7.34. The highest BCUT2D eigenvalue weighted by Gasteiger charge is 2.49. The molecule has 1 aromatic carbocycles. The predicted octanol–water partition coefficient (Wildman–Crippen LogP) is 2.57. The number of benzene rings is 1. The molecule has 5 unspecified atom stereocenters. The lowest BCUT2D eigenvalue weighted by molar-refractivity contribution is -0.156. The standard InChI is InChI=1S/C23H30N2O3/c26-22-7-4-9-25-17-12-18-14-20(8-10-24(18)19(13-17)15-21(22)25)28-23(27)11-16-5-2-1-3-6-16/h1-3,5-6,17-21H,4,7-15H2. The number of piperidine rings is 4. The van der Waals surface area contributed by atoms with Gasteiger partial charge in [-0.1, -0.05) is 30.3 Å². The minimum absolute atomic E-state index is 0.0371. The Morgan fingerprint density at radius 2 is 1.71 bits per heavy atom. The minimum atomic E-state index is -0.109. The first-order chi connectivity index (χ1) is 13.7. The van der Waals surface area contributed by atoms with Crippen LogP contribution in [0.1, 0.15) is 50.5 Å². The summed E-state index contributed by atoms with van der Waals surface area (Å²) in [6.45, 7) is 2.07. The largest absolute Gasteiger partial charge is 0.462 e. The third kappa shape index (κ3) is 3.50. The zero-order valence-electron chi connectivity index (χ0n) is 16.5. The molecule has 0 spiro atoms. The molecule has 2 bridgehead atoms. The van der Waals surface area contributed by atoms with E-state index in [4.69, 9.17) is 4.74 Å². The molecule has 0 radical (unpaired) electrons. The Labute approximate surface area is 167 Å². The van der Waals surface area contributed by atoms with Crippen molar-refractivity contribution in [2.45, 2.75) is 81.6 Å². The van der Waals surface area contributed by atoms with Gasteiger partial charge in [0.15, 0.2) is 0 Å². The fraction of sp³-hybridized carbons (Fsp3) is 0.652. The first-order valence-electron chi connectivity index (χ1n) is 10.9. The first kappa shape index (κ1) is 18.3. The van der Waals surface area contributed by atoms with Gasteiger partial charge in [-0.15, -0.1) is 0 Å². The third-order valence-electron chi connectivity index (χ3n) is 7.34. The van der Waals surface area contributed by atoms with Gasteiger partial charge in [0.05, 0.1) is 12.5 Å². The van der Waals surface area contributed by atoms with Crippen LogP contribution in [0.2, 0.25) is 0 Å². The number of rotatable bonds is 3. The quantitative estimate of drug-likeness (QED) is 0.752. The summed E-state index contributed by atoms with van der Waals surface area (Å²) >= 11 is 0.